The normalized spacial score (nSPS) is 20.9. The number of fused-ring (bicyclic) bond motifs is 1. The molecule has 6 heteroatoms. The zero-order valence-corrected chi connectivity index (χ0v) is 20.7. The van der Waals surface area contributed by atoms with Crippen LogP contribution in [0.15, 0.2) is 47.4 Å². The second-order valence-corrected chi connectivity index (χ2v) is 11.5. The lowest BCUT2D eigenvalue weighted by atomic mass is 9.68. The van der Waals surface area contributed by atoms with Crippen molar-refractivity contribution in [2.24, 2.45) is 5.41 Å². The largest absolute Gasteiger partial charge is 0.399 e. The van der Waals surface area contributed by atoms with Crippen molar-refractivity contribution in [2.75, 3.05) is 30.5 Å². The van der Waals surface area contributed by atoms with E-state index in [2.05, 4.69) is 13.8 Å². The molecule has 3 rings (SSSR count). The fourth-order valence-electron chi connectivity index (χ4n) is 5.09. The van der Waals surface area contributed by atoms with Crippen LogP contribution in [0.25, 0.3) is 0 Å². The summed E-state index contributed by atoms with van der Waals surface area (Å²) < 4.78 is 27.5. The molecule has 0 amide bonds. The van der Waals surface area contributed by atoms with Crippen molar-refractivity contribution in [1.29, 1.82) is 0 Å². The number of anilines is 2. The fraction of sp³-hybridized carbons (Fsp3) is 0.556. The first-order valence-electron chi connectivity index (χ1n) is 11.7. The molecule has 1 heterocycles. The topological polar surface area (TPSA) is 83.6 Å². The predicted molar refractivity (Wildman–Crippen MR) is 140 cm³/mol. The van der Waals surface area contributed by atoms with Crippen molar-refractivity contribution in [3.63, 3.8) is 0 Å². The number of sulfone groups is 1. The smallest absolute Gasteiger partial charge is 0.179 e. The first kappa shape index (κ1) is 27.2. The summed E-state index contributed by atoms with van der Waals surface area (Å²) in [6.07, 6.45) is 4.30. The number of hydrogen-bond acceptors (Lipinski definition) is 5. The highest BCUT2D eigenvalue weighted by Crippen LogP contribution is 2.50. The van der Waals surface area contributed by atoms with Gasteiger partial charge in [0.2, 0.25) is 0 Å². The maximum absolute atomic E-state index is 13.7. The Bertz CT molecular complexity index is 1010. The van der Waals surface area contributed by atoms with Crippen molar-refractivity contribution < 1.29 is 13.5 Å². The Kier molecular flexibility index (Phi) is 9.00. The van der Waals surface area contributed by atoms with Crippen molar-refractivity contribution in [1.82, 2.24) is 0 Å². The lowest BCUT2D eigenvalue weighted by molar-refractivity contribution is 0.0127. The van der Waals surface area contributed by atoms with Gasteiger partial charge in [0.25, 0.3) is 0 Å². The first-order valence-corrected chi connectivity index (χ1v) is 13.4. The molecule has 184 valence electrons. The van der Waals surface area contributed by atoms with Crippen molar-refractivity contribution in [3.8, 4) is 0 Å². The van der Waals surface area contributed by atoms with Gasteiger partial charge in [-0.1, -0.05) is 59.1 Å². The molecule has 0 saturated carbocycles. The van der Waals surface area contributed by atoms with Crippen LogP contribution >= 0.6 is 0 Å². The van der Waals surface area contributed by atoms with E-state index in [-0.39, 0.29) is 13.2 Å². The molecule has 2 aromatic rings. The Hall–Kier alpha value is -2.05. The van der Waals surface area contributed by atoms with Gasteiger partial charge in [0.1, 0.15) is 0 Å². The minimum absolute atomic E-state index is 0. The zero-order chi connectivity index (χ0) is 23.5. The van der Waals surface area contributed by atoms with Gasteiger partial charge in [-0.2, -0.15) is 0 Å². The minimum Gasteiger partial charge on any atom is -0.399 e. The van der Waals surface area contributed by atoms with Crippen LogP contribution in [0.1, 0.15) is 76.8 Å². The van der Waals surface area contributed by atoms with Crippen molar-refractivity contribution >= 4 is 21.2 Å². The molecule has 2 atom stereocenters. The summed E-state index contributed by atoms with van der Waals surface area (Å²) in [5.41, 5.74) is 8.41. The number of hydrogen-bond donors (Lipinski definition) is 2. The predicted octanol–water partition coefficient (Wildman–Crippen LogP) is 5.62. The standard InChI is InChI=1S/C26H38N2O3S.CH4/c1-5-7-15-26(16-8-6-2)18-32(30,31)23-14-13-21(28(3)4)17-22(23)24(25(26)29)19-9-11-20(27)12-10-19;/h9-14,17,24-25,29H,5-8,15-16,18,27H2,1-4H3;1H4. The monoisotopic (exact) mass is 474 g/mol. The third kappa shape index (κ3) is 5.55. The third-order valence-electron chi connectivity index (χ3n) is 6.95. The number of aliphatic hydroxyl groups excluding tert-OH is 1. The van der Waals surface area contributed by atoms with E-state index in [0.29, 0.717) is 29.0 Å². The van der Waals surface area contributed by atoms with E-state index in [4.69, 9.17) is 5.73 Å². The SMILES string of the molecule is C.CCCCC1(CCCC)CS(=O)(=O)c2ccc(N(C)C)cc2C(c2ccc(N)cc2)C1O. The molecule has 3 N–H and O–H groups in total. The van der Waals surface area contributed by atoms with E-state index >= 15 is 0 Å². The van der Waals surface area contributed by atoms with Gasteiger partial charge in [0.15, 0.2) is 9.84 Å². The van der Waals surface area contributed by atoms with E-state index < -0.39 is 27.3 Å². The Morgan fingerprint density at radius 3 is 2.12 bits per heavy atom. The maximum Gasteiger partial charge on any atom is 0.179 e. The van der Waals surface area contributed by atoms with E-state index in [1.54, 1.807) is 6.07 Å². The number of nitrogens with two attached hydrogens (primary N) is 1. The molecule has 0 saturated heterocycles. The Balaban J connectivity index is 0.00000385. The summed E-state index contributed by atoms with van der Waals surface area (Å²) in [6, 6.07) is 13.0. The van der Waals surface area contributed by atoms with E-state index in [0.717, 1.165) is 36.9 Å². The molecule has 0 bridgehead atoms. The van der Waals surface area contributed by atoms with Gasteiger partial charge in [0.05, 0.1) is 16.8 Å². The minimum atomic E-state index is -3.57. The molecule has 0 radical (unpaired) electrons. The number of nitrogen functional groups attached to an aromatic ring is 1. The number of unbranched alkanes of at least 4 members (excludes halogenated alkanes) is 2. The molecule has 2 unspecified atom stereocenters. The van der Waals surface area contributed by atoms with E-state index in [9.17, 15) is 13.5 Å². The molecular formula is C27H42N2O3S. The number of rotatable bonds is 8. The second-order valence-electron chi connectivity index (χ2n) is 9.53. The second kappa shape index (κ2) is 10.9. The molecule has 33 heavy (non-hydrogen) atoms. The molecule has 5 nitrogen and oxygen atoms in total. The van der Waals surface area contributed by atoms with Crippen molar-refractivity contribution in [2.45, 2.75) is 76.7 Å². The highest BCUT2D eigenvalue weighted by atomic mass is 32.2. The fourth-order valence-corrected chi connectivity index (χ4v) is 7.29. The summed E-state index contributed by atoms with van der Waals surface area (Å²) in [5.74, 6) is -0.447. The zero-order valence-electron chi connectivity index (χ0n) is 19.8. The quantitative estimate of drug-likeness (QED) is 0.485. The average Bonchev–Trinajstić information content (AvgIpc) is 2.83. The van der Waals surface area contributed by atoms with Crippen LogP contribution in [-0.2, 0) is 9.84 Å². The van der Waals surface area contributed by atoms with Crippen LogP contribution in [-0.4, -0.2) is 39.5 Å². The van der Waals surface area contributed by atoms with Gasteiger partial charge < -0.3 is 15.7 Å². The van der Waals surface area contributed by atoms with Crippen LogP contribution in [0.3, 0.4) is 0 Å². The Labute approximate surface area is 200 Å². The summed E-state index contributed by atoms with van der Waals surface area (Å²) in [4.78, 5) is 2.31. The van der Waals surface area contributed by atoms with Crippen LogP contribution in [0.5, 0.6) is 0 Å². The molecule has 2 aromatic carbocycles. The van der Waals surface area contributed by atoms with Gasteiger partial charge in [-0.25, -0.2) is 8.42 Å². The summed E-state index contributed by atoms with van der Waals surface area (Å²) in [7, 11) is 0.303. The van der Waals surface area contributed by atoms with Gasteiger partial charge >= 0.3 is 0 Å². The molecule has 1 aliphatic rings. The molecule has 0 aromatic heterocycles. The molecule has 0 spiro atoms. The van der Waals surface area contributed by atoms with Gasteiger partial charge in [-0.05, 0) is 54.3 Å². The lowest BCUT2D eigenvalue weighted by Gasteiger charge is -2.40. The number of benzene rings is 2. The maximum atomic E-state index is 13.7. The summed E-state index contributed by atoms with van der Waals surface area (Å²) in [6.45, 7) is 4.22. The molecule has 1 aliphatic heterocycles. The van der Waals surface area contributed by atoms with Crippen LogP contribution in [0.4, 0.5) is 11.4 Å². The van der Waals surface area contributed by atoms with Crippen LogP contribution in [0.2, 0.25) is 0 Å². The average molecular weight is 475 g/mol. The lowest BCUT2D eigenvalue weighted by Crippen LogP contribution is -2.43. The molecule has 0 aliphatic carbocycles. The highest BCUT2D eigenvalue weighted by Gasteiger charge is 2.49. The van der Waals surface area contributed by atoms with E-state index in [1.165, 1.54) is 0 Å². The first-order chi connectivity index (χ1) is 15.1. The van der Waals surface area contributed by atoms with Gasteiger partial charge in [-0.3, -0.25) is 0 Å². The third-order valence-corrected chi connectivity index (χ3v) is 8.95. The summed E-state index contributed by atoms with van der Waals surface area (Å²) in [5, 5.41) is 12.0. The van der Waals surface area contributed by atoms with E-state index in [1.807, 2.05) is 55.4 Å². The highest BCUT2D eigenvalue weighted by molar-refractivity contribution is 7.91. The van der Waals surface area contributed by atoms with Crippen molar-refractivity contribution in [3.05, 3.63) is 53.6 Å². The van der Waals surface area contributed by atoms with Crippen LogP contribution < -0.4 is 10.6 Å². The summed E-state index contributed by atoms with van der Waals surface area (Å²) >= 11 is 0. The Morgan fingerprint density at radius 1 is 1.03 bits per heavy atom. The number of aliphatic hydroxyl groups is 1. The molecule has 0 fully saturated rings. The van der Waals surface area contributed by atoms with Crippen LogP contribution in [0, 0.1) is 5.41 Å². The number of nitrogens with zero attached hydrogens (tertiary/aromatic N) is 1. The molecular weight excluding hydrogens is 432 g/mol. The van der Waals surface area contributed by atoms with Gasteiger partial charge in [-0.15, -0.1) is 0 Å². The van der Waals surface area contributed by atoms with Gasteiger partial charge in [0, 0.05) is 36.8 Å². The Morgan fingerprint density at radius 2 is 1.61 bits per heavy atom.